The van der Waals surface area contributed by atoms with E-state index >= 15 is 0 Å². The van der Waals surface area contributed by atoms with Crippen LogP contribution in [-0.4, -0.2) is 90.1 Å². The van der Waals surface area contributed by atoms with Crippen molar-refractivity contribution < 1.29 is 62.2 Å². The molecule has 0 aromatic rings. The van der Waals surface area contributed by atoms with E-state index in [0.717, 1.165) is 44.9 Å². The lowest BCUT2D eigenvalue weighted by molar-refractivity contribution is -0.338. The molecule has 13 heteroatoms. The Bertz CT molecular complexity index is 1630. The standard InChI is InChI=1S/C46H72O13/c1-25(2)15-14-19-46(13,52)31-16-21-45(12)37(31)32(23-35-43(10)20-18-36(54-27(4)48)42(8,9)34(43)17-22-44(35,45)11)58-41-40(57-30(7)51)39(56-29(6)50)38(55-28(5)49)33(59-41)24-53-26(3)47/h15,31-41,52H,14,16-24H2,1-13H3/t31-,32+,33+,34-,35+,36-,37-,38+,39-,40+,41+,43-,44+,45+,46-/m0/s1. The number of rotatable bonds is 12. The second-order valence-electron chi connectivity index (χ2n) is 20.3. The lowest BCUT2D eigenvalue weighted by Crippen LogP contribution is -2.68. The average molecular weight is 833 g/mol. The van der Waals surface area contributed by atoms with Gasteiger partial charge in [0.25, 0.3) is 0 Å². The van der Waals surface area contributed by atoms with Crippen LogP contribution in [0.5, 0.6) is 0 Å². The number of allylic oxidation sites excluding steroid dienone is 2. The molecule has 4 aliphatic carbocycles. The van der Waals surface area contributed by atoms with Crippen LogP contribution < -0.4 is 0 Å². The Morgan fingerprint density at radius 3 is 1.86 bits per heavy atom. The fraction of sp³-hybridized carbons (Fsp3) is 0.848. The zero-order valence-corrected chi connectivity index (χ0v) is 37.8. The number of carbonyl (C=O) groups excluding carboxylic acids is 5. The molecule has 5 rings (SSSR count). The summed E-state index contributed by atoms with van der Waals surface area (Å²) in [5.41, 5.74) is -0.791. The highest BCUT2D eigenvalue weighted by Crippen LogP contribution is 2.76. The minimum atomic E-state index is -1.36. The molecule has 0 aromatic heterocycles. The third kappa shape index (κ3) is 9.13. The first-order chi connectivity index (χ1) is 27.3. The van der Waals surface area contributed by atoms with E-state index in [9.17, 15) is 29.1 Å². The average Bonchev–Trinajstić information content (AvgIpc) is 3.48. The predicted octanol–water partition coefficient (Wildman–Crippen LogP) is 7.18. The third-order valence-electron chi connectivity index (χ3n) is 15.9. The van der Waals surface area contributed by atoms with E-state index in [-0.39, 0.29) is 64.0 Å². The van der Waals surface area contributed by atoms with E-state index in [0.29, 0.717) is 12.8 Å². The highest BCUT2D eigenvalue weighted by Gasteiger charge is 2.72. The van der Waals surface area contributed by atoms with E-state index in [4.69, 9.17) is 33.2 Å². The van der Waals surface area contributed by atoms with Crippen molar-refractivity contribution in [1.82, 2.24) is 0 Å². The van der Waals surface area contributed by atoms with Crippen LogP contribution in [0, 0.1) is 45.3 Å². The minimum absolute atomic E-state index is 0.137. The maximum atomic E-state index is 12.8. The molecule has 5 fully saturated rings. The fourth-order valence-corrected chi connectivity index (χ4v) is 13.3. The van der Waals surface area contributed by atoms with Gasteiger partial charge in [-0.15, -0.1) is 0 Å². The number of carbonyl (C=O) groups is 5. The molecule has 334 valence electrons. The molecule has 0 aromatic carbocycles. The van der Waals surface area contributed by atoms with Gasteiger partial charge in [0.2, 0.25) is 0 Å². The van der Waals surface area contributed by atoms with Crippen LogP contribution in [0.2, 0.25) is 0 Å². The van der Waals surface area contributed by atoms with Crippen molar-refractivity contribution >= 4 is 29.8 Å². The van der Waals surface area contributed by atoms with E-state index in [2.05, 4.69) is 54.5 Å². The van der Waals surface area contributed by atoms with Crippen molar-refractivity contribution in [3.05, 3.63) is 11.6 Å². The Morgan fingerprint density at radius 1 is 0.712 bits per heavy atom. The van der Waals surface area contributed by atoms with Gasteiger partial charge < -0.3 is 38.3 Å². The Labute approximate surface area is 351 Å². The number of hydrogen-bond acceptors (Lipinski definition) is 13. The summed E-state index contributed by atoms with van der Waals surface area (Å²) >= 11 is 0. The number of hydrogen-bond donors (Lipinski definition) is 1. The first-order valence-corrected chi connectivity index (χ1v) is 21.8. The van der Waals surface area contributed by atoms with Gasteiger partial charge >= 0.3 is 29.8 Å². The molecular formula is C46H72O13. The highest BCUT2D eigenvalue weighted by atomic mass is 16.7. The molecule has 5 aliphatic rings. The van der Waals surface area contributed by atoms with Gasteiger partial charge in [0.15, 0.2) is 24.6 Å². The lowest BCUT2D eigenvalue weighted by Gasteiger charge is -2.71. The first kappa shape index (κ1) is 47.0. The maximum absolute atomic E-state index is 12.8. The second-order valence-corrected chi connectivity index (χ2v) is 20.3. The molecule has 0 amide bonds. The van der Waals surface area contributed by atoms with Gasteiger partial charge in [-0.2, -0.15) is 0 Å². The van der Waals surface area contributed by atoms with Crippen LogP contribution in [0.3, 0.4) is 0 Å². The van der Waals surface area contributed by atoms with Crippen molar-refractivity contribution in [2.45, 2.75) is 196 Å². The van der Waals surface area contributed by atoms with Crippen molar-refractivity contribution in [2.24, 2.45) is 45.3 Å². The monoisotopic (exact) mass is 832 g/mol. The third-order valence-corrected chi connectivity index (χ3v) is 15.9. The van der Waals surface area contributed by atoms with Crippen LogP contribution >= 0.6 is 0 Å². The molecule has 0 radical (unpaired) electrons. The summed E-state index contributed by atoms with van der Waals surface area (Å²) in [5.74, 6) is -2.93. The summed E-state index contributed by atoms with van der Waals surface area (Å²) in [6, 6.07) is 0. The SMILES string of the molecule is CC(=O)OC[C@H]1O[C@@H](O[C@@H]2C[C@@H]3[C@@]4(C)CC[C@H](OC(C)=O)C(C)(C)[C@@H]4CC[C@@]3(C)[C@]3(C)CC[C@H]([C@@](C)(O)CCC=C(C)C)[C@@H]23)[C@H](OC(C)=O)[C@@H](OC(C)=O)[C@@H]1OC(C)=O. The zero-order valence-electron chi connectivity index (χ0n) is 37.8. The van der Waals surface area contributed by atoms with Crippen molar-refractivity contribution in [3.63, 3.8) is 0 Å². The summed E-state index contributed by atoms with van der Waals surface area (Å²) in [5, 5.41) is 12.5. The van der Waals surface area contributed by atoms with Gasteiger partial charge in [-0.1, -0.05) is 46.3 Å². The molecule has 1 heterocycles. The fourth-order valence-electron chi connectivity index (χ4n) is 13.3. The molecule has 4 saturated carbocycles. The normalized spacial score (nSPS) is 40.7. The maximum Gasteiger partial charge on any atom is 0.303 e. The smallest absolute Gasteiger partial charge is 0.303 e. The van der Waals surface area contributed by atoms with Crippen LogP contribution in [0.25, 0.3) is 0 Å². The Morgan fingerprint density at radius 2 is 1.29 bits per heavy atom. The highest BCUT2D eigenvalue weighted by molar-refractivity contribution is 5.69. The molecule has 15 atom stereocenters. The van der Waals surface area contributed by atoms with Crippen LogP contribution in [0.15, 0.2) is 11.6 Å². The number of ether oxygens (including phenoxy) is 7. The molecule has 1 N–H and O–H groups in total. The predicted molar refractivity (Wildman–Crippen MR) is 216 cm³/mol. The topological polar surface area (TPSA) is 170 Å². The van der Waals surface area contributed by atoms with Gasteiger partial charge in [0, 0.05) is 40.0 Å². The van der Waals surface area contributed by atoms with Gasteiger partial charge in [-0.05, 0) is 118 Å². The Hall–Kier alpha value is -3.03. The van der Waals surface area contributed by atoms with Crippen molar-refractivity contribution in [1.29, 1.82) is 0 Å². The molecule has 1 saturated heterocycles. The lowest BCUT2D eigenvalue weighted by atomic mass is 9.35. The Balaban J connectivity index is 1.64. The van der Waals surface area contributed by atoms with Crippen LogP contribution in [-0.2, 0) is 57.1 Å². The summed E-state index contributed by atoms with van der Waals surface area (Å²) in [6.07, 6.45) is 1.96. The van der Waals surface area contributed by atoms with Gasteiger partial charge in [0.05, 0.1) is 11.7 Å². The zero-order chi connectivity index (χ0) is 44.0. The van der Waals surface area contributed by atoms with E-state index in [1.54, 1.807) is 0 Å². The second kappa shape index (κ2) is 17.4. The molecule has 0 spiro atoms. The number of aliphatic hydroxyl groups is 1. The molecule has 0 bridgehead atoms. The molecule has 1 aliphatic heterocycles. The molecule has 13 nitrogen and oxygen atoms in total. The van der Waals surface area contributed by atoms with Gasteiger partial charge in [-0.25, -0.2) is 0 Å². The summed E-state index contributed by atoms with van der Waals surface area (Å²) in [7, 11) is 0. The molecule has 59 heavy (non-hydrogen) atoms. The van der Waals surface area contributed by atoms with E-state index in [1.807, 2.05) is 6.92 Å². The minimum Gasteiger partial charge on any atom is -0.463 e. The first-order valence-electron chi connectivity index (χ1n) is 21.8. The number of esters is 5. The van der Waals surface area contributed by atoms with Crippen LogP contribution in [0.1, 0.15) is 148 Å². The van der Waals surface area contributed by atoms with Crippen LogP contribution in [0.4, 0.5) is 0 Å². The van der Waals surface area contributed by atoms with Crippen molar-refractivity contribution in [3.8, 4) is 0 Å². The van der Waals surface area contributed by atoms with E-state index in [1.165, 1.54) is 40.2 Å². The summed E-state index contributed by atoms with van der Waals surface area (Å²) in [4.78, 5) is 62.4. The van der Waals surface area contributed by atoms with Gasteiger partial charge in [-0.3, -0.25) is 24.0 Å². The molecule has 0 unspecified atom stereocenters. The summed E-state index contributed by atoms with van der Waals surface area (Å²) in [6.45, 7) is 23.7. The molecular weight excluding hydrogens is 760 g/mol. The quantitative estimate of drug-likeness (QED) is 0.0909. The van der Waals surface area contributed by atoms with Gasteiger partial charge in [0.1, 0.15) is 18.8 Å². The number of fused-ring (bicyclic) bond motifs is 5. The Kier molecular flexibility index (Phi) is 13.9. The largest absolute Gasteiger partial charge is 0.463 e. The van der Waals surface area contributed by atoms with E-state index < -0.39 is 66.3 Å². The van der Waals surface area contributed by atoms with Crippen molar-refractivity contribution in [2.75, 3.05) is 6.61 Å². The summed E-state index contributed by atoms with van der Waals surface area (Å²) < 4.78 is 42.6.